The molecule has 0 radical (unpaired) electrons. The first-order valence-electron chi connectivity index (χ1n) is 10.5. The second kappa shape index (κ2) is 8.51. The fourth-order valence-electron chi connectivity index (χ4n) is 3.90. The van der Waals surface area contributed by atoms with E-state index in [4.69, 9.17) is 10.5 Å². The van der Waals surface area contributed by atoms with Crippen LogP contribution < -0.4 is 11.1 Å². The summed E-state index contributed by atoms with van der Waals surface area (Å²) in [5.41, 5.74) is 7.90. The quantitative estimate of drug-likeness (QED) is 0.475. The van der Waals surface area contributed by atoms with Crippen molar-refractivity contribution in [1.29, 1.82) is 0 Å². The van der Waals surface area contributed by atoms with E-state index < -0.39 is 11.6 Å². The topological polar surface area (TPSA) is 90.9 Å². The molecule has 1 saturated heterocycles. The number of nitrogens with one attached hydrogen (secondary N) is 1. The molecule has 0 saturated carbocycles. The molecule has 1 aliphatic heterocycles. The Hall–Kier alpha value is -3.59. The largest absolute Gasteiger partial charge is 0.383 e. The average molecular weight is 436 g/mol. The number of ether oxygens (including phenoxy) is 1. The summed E-state index contributed by atoms with van der Waals surface area (Å²) >= 11 is 0. The van der Waals surface area contributed by atoms with E-state index in [1.165, 1.54) is 12.1 Å². The van der Waals surface area contributed by atoms with Gasteiger partial charge in [-0.3, -0.25) is 0 Å². The number of halogens is 2. The molecule has 1 aliphatic rings. The van der Waals surface area contributed by atoms with Crippen molar-refractivity contribution >= 4 is 22.8 Å². The number of nitrogens with two attached hydrogens (primary N) is 1. The highest BCUT2D eigenvalue weighted by molar-refractivity contribution is 5.99. The van der Waals surface area contributed by atoms with Crippen LogP contribution in [0.1, 0.15) is 18.4 Å². The fraction of sp³-hybridized carbons (Fsp3) is 0.261. The first-order chi connectivity index (χ1) is 15.6. The summed E-state index contributed by atoms with van der Waals surface area (Å²) in [6.07, 6.45) is 2.01. The summed E-state index contributed by atoms with van der Waals surface area (Å²) in [6.45, 7) is 1.65. The van der Waals surface area contributed by atoms with Gasteiger partial charge in [0.25, 0.3) is 0 Å². The van der Waals surface area contributed by atoms with E-state index in [2.05, 4.69) is 20.4 Å². The second-order valence-corrected chi connectivity index (χ2v) is 7.74. The van der Waals surface area contributed by atoms with Crippen molar-refractivity contribution in [1.82, 2.24) is 19.7 Å². The van der Waals surface area contributed by atoms with Gasteiger partial charge in [-0.25, -0.2) is 18.4 Å². The maximum Gasteiger partial charge on any atom is 0.225 e. The van der Waals surface area contributed by atoms with E-state index in [1.54, 1.807) is 4.68 Å². The predicted molar refractivity (Wildman–Crippen MR) is 118 cm³/mol. The lowest BCUT2D eigenvalue weighted by Gasteiger charge is -2.12. The number of fused-ring (bicyclic) bond motifs is 1. The third-order valence-corrected chi connectivity index (χ3v) is 5.53. The fourth-order valence-corrected chi connectivity index (χ4v) is 3.90. The minimum Gasteiger partial charge on any atom is -0.383 e. The molecule has 2 aromatic heterocycles. The monoisotopic (exact) mass is 436 g/mol. The molecule has 4 aromatic rings. The van der Waals surface area contributed by atoms with E-state index in [9.17, 15) is 8.78 Å². The highest BCUT2D eigenvalue weighted by atomic mass is 19.2. The van der Waals surface area contributed by atoms with Gasteiger partial charge in [-0.05, 0) is 30.5 Å². The van der Waals surface area contributed by atoms with Crippen molar-refractivity contribution in [3.63, 3.8) is 0 Å². The van der Waals surface area contributed by atoms with Crippen LogP contribution in [0.3, 0.4) is 0 Å². The van der Waals surface area contributed by atoms with Crippen LogP contribution in [0, 0.1) is 11.6 Å². The lowest BCUT2D eigenvalue weighted by molar-refractivity contribution is 0.120. The van der Waals surface area contributed by atoms with Crippen molar-refractivity contribution in [2.24, 2.45) is 0 Å². The number of benzene rings is 2. The molecule has 1 atom stereocenters. The van der Waals surface area contributed by atoms with Gasteiger partial charge in [0.15, 0.2) is 17.3 Å². The molecule has 0 bridgehead atoms. The molecule has 0 aliphatic carbocycles. The zero-order valence-electron chi connectivity index (χ0n) is 17.3. The Labute approximate surface area is 183 Å². The SMILES string of the molecule is Nc1c2c(-c3cccc(F)c3F)nc(NC[C@@H]3CCCO3)nc2nn1Cc1ccccc1. The molecule has 3 N–H and O–H groups in total. The summed E-state index contributed by atoms with van der Waals surface area (Å²) in [5.74, 6) is -1.41. The number of hydrogen-bond donors (Lipinski definition) is 2. The molecule has 0 amide bonds. The first kappa shape index (κ1) is 20.3. The number of aromatic nitrogens is 4. The number of hydrogen-bond acceptors (Lipinski definition) is 6. The molecule has 1 fully saturated rings. The van der Waals surface area contributed by atoms with Gasteiger partial charge in [0.05, 0.1) is 23.7 Å². The summed E-state index contributed by atoms with van der Waals surface area (Å²) in [6, 6.07) is 13.7. The Morgan fingerprint density at radius 2 is 1.94 bits per heavy atom. The molecule has 5 rings (SSSR count). The Kier molecular flexibility index (Phi) is 5.40. The maximum absolute atomic E-state index is 14.7. The molecular formula is C23H22F2N6O. The van der Waals surface area contributed by atoms with Crippen LogP contribution in [0.4, 0.5) is 20.5 Å². The van der Waals surface area contributed by atoms with Gasteiger partial charge < -0.3 is 15.8 Å². The van der Waals surface area contributed by atoms with Crippen molar-refractivity contribution in [3.05, 3.63) is 65.7 Å². The van der Waals surface area contributed by atoms with Crippen LogP contribution in [0.5, 0.6) is 0 Å². The normalized spacial score (nSPS) is 16.0. The van der Waals surface area contributed by atoms with Crippen LogP contribution in [0.15, 0.2) is 48.5 Å². The van der Waals surface area contributed by atoms with Crippen molar-refractivity contribution in [2.75, 3.05) is 24.2 Å². The predicted octanol–water partition coefficient (Wildman–Crippen LogP) is 3.99. The van der Waals surface area contributed by atoms with E-state index >= 15 is 0 Å². The maximum atomic E-state index is 14.7. The third kappa shape index (κ3) is 3.87. The van der Waals surface area contributed by atoms with Gasteiger partial charge in [0.1, 0.15) is 5.82 Å². The van der Waals surface area contributed by atoms with Crippen LogP contribution in [0.2, 0.25) is 0 Å². The van der Waals surface area contributed by atoms with E-state index in [0.29, 0.717) is 24.1 Å². The lowest BCUT2D eigenvalue weighted by atomic mass is 10.1. The van der Waals surface area contributed by atoms with E-state index in [-0.39, 0.29) is 29.1 Å². The summed E-state index contributed by atoms with van der Waals surface area (Å²) in [7, 11) is 0. The molecular weight excluding hydrogens is 414 g/mol. The van der Waals surface area contributed by atoms with Crippen LogP contribution >= 0.6 is 0 Å². The van der Waals surface area contributed by atoms with Crippen molar-refractivity contribution in [3.8, 4) is 11.3 Å². The summed E-state index contributed by atoms with van der Waals surface area (Å²) in [5, 5.41) is 8.07. The number of rotatable bonds is 6. The van der Waals surface area contributed by atoms with Gasteiger partial charge in [-0.1, -0.05) is 36.4 Å². The van der Waals surface area contributed by atoms with Crippen molar-refractivity contribution in [2.45, 2.75) is 25.5 Å². The number of nitrogens with zero attached hydrogens (tertiary/aromatic N) is 4. The summed E-state index contributed by atoms with van der Waals surface area (Å²) < 4.78 is 36.0. The molecule has 32 heavy (non-hydrogen) atoms. The van der Waals surface area contributed by atoms with Gasteiger partial charge >= 0.3 is 0 Å². The average Bonchev–Trinajstić information content (AvgIpc) is 3.43. The minimum atomic E-state index is -0.993. The molecule has 164 valence electrons. The number of anilines is 2. The standard InChI is InChI=1S/C23H22F2N6O/c24-17-10-4-9-16(19(17)25)20-18-21(26)31(13-14-6-2-1-3-7-14)30-22(18)29-23(28-20)27-12-15-8-5-11-32-15/h1-4,6-7,9-10,15H,5,8,11-13,26H2,(H,27,29,30)/t15-/m0/s1. The number of nitrogen functional groups attached to an aromatic ring is 1. The Morgan fingerprint density at radius 3 is 2.72 bits per heavy atom. The molecule has 3 heterocycles. The van der Waals surface area contributed by atoms with E-state index in [0.717, 1.165) is 31.1 Å². The van der Waals surface area contributed by atoms with Gasteiger partial charge in [0.2, 0.25) is 5.95 Å². The van der Waals surface area contributed by atoms with Crippen LogP contribution in [-0.4, -0.2) is 39.0 Å². The lowest BCUT2D eigenvalue weighted by Crippen LogP contribution is -2.19. The van der Waals surface area contributed by atoms with Gasteiger partial charge in [-0.2, -0.15) is 4.98 Å². The Morgan fingerprint density at radius 1 is 1.09 bits per heavy atom. The van der Waals surface area contributed by atoms with Gasteiger partial charge in [-0.15, -0.1) is 5.10 Å². The smallest absolute Gasteiger partial charge is 0.225 e. The Balaban J connectivity index is 1.61. The zero-order chi connectivity index (χ0) is 22.1. The minimum absolute atomic E-state index is 0.00327. The van der Waals surface area contributed by atoms with E-state index in [1.807, 2.05) is 30.3 Å². The third-order valence-electron chi connectivity index (χ3n) is 5.53. The van der Waals surface area contributed by atoms with Gasteiger partial charge in [0, 0.05) is 18.7 Å². The highest BCUT2D eigenvalue weighted by Gasteiger charge is 2.22. The van der Waals surface area contributed by atoms with Crippen LogP contribution in [-0.2, 0) is 11.3 Å². The highest BCUT2D eigenvalue weighted by Crippen LogP contribution is 2.33. The molecule has 9 heteroatoms. The van der Waals surface area contributed by atoms with Crippen molar-refractivity contribution < 1.29 is 13.5 Å². The molecule has 2 aromatic carbocycles. The zero-order valence-corrected chi connectivity index (χ0v) is 17.3. The molecule has 0 spiro atoms. The summed E-state index contributed by atoms with van der Waals surface area (Å²) in [4.78, 5) is 8.99. The Bertz CT molecular complexity index is 1250. The first-order valence-corrected chi connectivity index (χ1v) is 10.5. The second-order valence-electron chi connectivity index (χ2n) is 7.74. The molecule has 0 unspecified atom stereocenters. The van der Waals surface area contributed by atoms with Crippen LogP contribution in [0.25, 0.3) is 22.3 Å². The molecule has 7 nitrogen and oxygen atoms in total.